The molecule has 1 aliphatic rings. The summed E-state index contributed by atoms with van der Waals surface area (Å²) < 4.78 is 34.2. The highest BCUT2D eigenvalue weighted by Crippen LogP contribution is 2.27. The first-order chi connectivity index (χ1) is 15.5. The number of nitrogens with zero attached hydrogens (tertiary/aromatic N) is 3. The second-order valence-electron chi connectivity index (χ2n) is 7.69. The topological polar surface area (TPSA) is 69.0 Å². The van der Waals surface area contributed by atoms with Crippen molar-refractivity contribution in [3.8, 4) is 11.4 Å². The van der Waals surface area contributed by atoms with E-state index in [1.807, 2.05) is 11.5 Å². The summed E-state index contributed by atoms with van der Waals surface area (Å²) in [5.41, 5.74) is 1.57. The maximum absolute atomic E-state index is 13.4. The molecule has 0 aliphatic carbocycles. The maximum Gasteiger partial charge on any atom is 0.230 e. The normalized spacial score (nSPS) is 16.8. The molecule has 0 radical (unpaired) electrons. The van der Waals surface area contributed by atoms with Crippen LogP contribution in [0.25, 0.3) is 11.4 Å². The zero-order chi connectivity index (χ0) is 22.5. The zero-order valence-electron chi connectivity index (χ0n) is 17.6. The van der Waals surface area contributed by atoms with Gasteiger partial charge in [-0.3, -0.25) is 9.36 Å². The smallest absolute Gasteiger partial charge is 0.230 e. The van der Waals surface area contributed by atoms with Crippen molar-refractivity contribution in [2.75, 3.05) is 12.4 Å². The van der Waals surface area contributed by atoms with Crippen molar-refractivity contribution < 1.29 is 18.3 Å². The molecule has 0 bridgehead atoms. The fourth-order valence-corrected chi connectivity index (χ4v) is 4.37. The second-order valence-corrected chi connectivity index (χ2v) is 8.63. The Hall–Kier alpha value is -2.78. The van der Waals surface area contributed by atoms with Crippen molar-refractivity contribution in [3.63, 3.8) is 0 Å². The molecule has 2 atom stereocenters. The zero-order valence-corrected chi connectivity index (χ0v) is 18.4. The van der Waals surface area contributed by atoms with Crippen LogP contribution in [0.15, 0.2) is 53.7 Å². The summed E-state index contributed by atoms with van der Waals surface area (Å²) in [6, 6.07) is 11.9. The molecule has 1 aliphatic heterocycles. The number of hydrogen-bond donors (Lipinski definition) is 1. The monoisotopic (exact) mass is 458 g/mol. The summed E-state index contributed by atoms with van der Waals surface area (Å²) in [5, 5.41) is 12.1. The lowest BCUT2D eigenvalue weighted by Gasteiger charge is -2.16. The molecule has 0 spiro atoms. The minimum absolute atomic E-state index is 0.0527. The number of halogens is 2. The van der Waals surface area contributed by atoms with E-state index in [0.717, 1.165) is 30.6 Å². The molecule has 3 aromatic rings. The molecule has 2 unspecified atom stereocenters. The van der Waals surface area contributed by atoms with Crippen LogP contribution in [0.5, 0.6) is 0 Å². The van der Waals surface area contributed by atoms with Crippen molar-refractivity contribution in [1.29, 1.82) is 0 Å². The highest BCUT2D eigenvalue weighted by molar-refractivity contribution is 7.99. The van der Waals surface area contributed by atoms with E-state index >= 15 is 0 Å². The highest BCUT2D eigenvalue weighted by Gasteiger charge is 2.22. The molecular weight excluding hydrogens is 434 g/mol. The van der Waals surface area contributed by atoms with E-state index in [0.29, 0.717) is 17.5 Å². The van der Waals surface area contributed by atoms with Crippen molar-refractivity contribution in [2.45, 2.75) is 43.6 Å². The Bertz CT molecular complexity index is 1050. The highest BCUT2D eigenvalue weighted by atomic mass is 32.2. The Morgan fingerprint density at radius 3 is 2.50 bits per heavy atom. The molecule has 1 aromatic heterocycles. The lowest BCUT2D eigenvalue weighted by molar-refractivity contribution is -0.119. The third-order valence-corrected chi connectivity index (χ3v) is 6.28. The maximum atomic E-state index is 13.4. The van der Waals surface area contributed by atoms with Gasteiger partial charge in [-0.1, -0.05) is 23.9 Å². The van der Waals surface area contributed by atoms with Gasteiger partial charge in [0.05, 0.1) is 24.4 Å². The Balaban J connectivity index is 1.45. The van der Waals surface area contributed by atoms with Gasteiger partial charge < -0.3 is 10.1 Å². The van der Waals surface area contributed by atoms with Crippen molar-refractivity contribution in [3.05, 3.63) is 65.7 Å². The number of rotatable bonds is 8. The van der Waals surface area contributed by atoms with Crippen LogP contribution in [0.2, 0.25) is 0 Å². The number of hydrogen-bond acceptors (Lipinski definition) is 5. The van der Waals surface area contributed by atoms with Crippen LogP contribution in [0.4, 0.5) is 8.78 Å². The molecule has 32 heavy (non-hydrogen) atoms. The summed E-state index contributed by atoms with van der Waals surface area (Å²) in [6.07, 6.45) is 2.00. The summed E-state index contributed by atoms with van der Waals surface area (Å²) in [4.78, 5) is 12.5. The standard InChI is InChI=1S/C23H24F2N4O2S/c1-15(16-4-8-18(24)9-5-16)26-21(30)14-32-23-28-27-22(17-6-10-19(25)11-7-17)29(23)13-20-3-2-12-31-20/h4-11,15,20H,2-3,12-14H2,1H3,(H,26,30). The predicted octanol–water partition coefficient (Wildman–Crippen LogP) is 4.37. The van der Waals surface area contributed by atoms with Crippen LogP contribution in [0.1, 0.15) is 31.4 Å². The third-order valence-electron chi connectivity index (χ3n) is 5.31. The molecule has 1 fully saturated rings. The number of ether oxygens (including phenoxy) is 1. The minimum atomic E-state index is -0.319. The lowest BCUT2D eigenvalue weighted by Crippen LogP contribution is -2.28. The van der Waals surface area contributed by atoms with E-state index < -0.39 is 0 Å². The fourth-order valence-electron chi connectivity index (χ4n) is 3.61. The number of carbonyl (C=O) groups excluding carboxylic acids is 1. The SMILES string of the molecule is CC(NC(=O)CSc1nnc(-c2ccc(F)cc2)n1CC1CCCO1)c1ccc(F)cc1. The Labute approximate surface area is 189 Å². The van der Waals surface area contributed by atoms with E-state index in [1.165, 1.54) is 36.0 Å². The summed E-state index contributed by atoms with van der Waals surface area (Å²) >= 11 is 1.28. The molecule has 1 N–H and O–H groups in total. The Morgan fingerprint density at radius 1 is 1.16 bits per heavy atom. The average Bonchev–Trinajstić information content (AvgIpc) is 3.44. The molecule has 1 saturated heterocycles. The largest absolute Gasteiger partial charge is 0.376 e. The van der Waals surface area contributed by atoms with E-state index in [1.54, 1.807) is 24.3 Å². The lowest BCUT2D eigenvalue weighted by atomic mass is 10.1. The number of aromatic nitrogens is 3. The quantitative estimate of drug-likeness (QED) is 0.508. The van der Waals surface area contributed by atoms with Crippen LogP contribution in [-0.2, 0) is 16.1 Å². The predicted molar refractivity (Wildman–Crippen MR) is 118 cm³/mol. The Kier molecular flexibility index (Phi) is 7.16. The van der Waals surface area contributed by atoms with E-state index in [4.69, 9.17) is 4.74 Å². The molecule has 6 nitrogen and oxygen atoms in total. The van der Waals surface area contributed by atoms with E-state index in [9.17, 15) is 13.6 Å². The van der Waals surface area contributed by atoms with Crippen LogP contribution in [0, 0.1) is 11.6 Å². The molecule has 1 amide bonds. The van der Waals surface area contributed by atoms with Gasteiger partial charge >= 0.3 is 0 Å². The number of amides is 1. The summed E-state index contributed by atoms with van der Waals surface area (Å²) in [6.45, 7) is 3.14. The number of thioether (sulfide) groups is 1. The molecule has 4 rings (SSSR count). The molecule has 0 saturated carbocycles. The van der Waals surface area contributed by atoms with Gasteiger partial charge in [0.25, 0.3) is 0 Å². The van der Waals surface area contributed by atoms with Gasteiger partial charge in [0, 0.05) is 12.2 Å². The van der Waals surface area contributed by atoms with Gasteiger partial charge in [-0.15, -0.1) is 10.2 Å². The van der Waals surface area contributed by atoms with Gasteiger partial charge in [0.2, 0.25) is 5.91 Å². The van der Waals surface area contributed by atoms with E-state index in [-0.39, 0.29) is 35.4 Å². The number of carbonyl (C=O) groups is 1. The van der Waals surface area contributed by atoms with Crippen LogP contribution in [0.3, 0.4) is 0 Å². The second kappa shape index (κ2) is 10.2. The minimum Gasteiger partial charge on any atom is -0.376 e. The number of benzene rings is 2. The molecule has 2 heterocycles. The average molecular weight is 459 g/mol. The molecule has 9 heteroatoms. The van der Waals surface area contributed by atoms with Crippen molar-refractivity contribution in [1.82, 2.24) is 20.1 Å². The summed E-state index contributed by atoms with van der Waals surface area (Å²) in [7, 11) is 0. The van der Waals surface area contributed by atoms with Gasteiger partial charge in [0.1, 0.15) is 11.6 Å². The van der Waals surface area contributed by atoms with Gasteiger partial charge in [-0.05, 0) is 61.7 Å². The first-order valence-corrected chi connectivity index (χ1v) is 11.5. The van der Waals surface area contributed by atoms with Crippen LogP contribution < -0.4 is 5.32 Å². The Morgan fingerprint density at radius 2 is 1.84 bits per heavy atom. The van der Waals surface area contributed by atoms with Gasteiger partial charge in [-0.25, -0.2) is 8.78 Å². The third kappa shape index (κ3) is 5.52. The molecule has 168 valence electrons. The number of nitrogens with one attached hydrogen (secondary N) is 1. The van der Waals surface area contributed by atoms with Crippen molar-refractivity contribution >= 4 is 17.7 Å². The van der Waals surface area contributed by atoms with Gasteiger partial charge in [-0.2, -0.15) is 0 Å². The first-order valence-electron chi connectivity index (χ1n) is 10.5. The van der Waals surface area contributed by atoms with Gasteiger partial charge in [0.15, 0.2) is 11.0 Å². The first kappa shape index (κ1) is 22.4. The summed E-state index contributed by atoms with van der Waals surface area (Å²) in [5.74, 6) is -0.0331. The van der Waals surface area contributed by atoms with Crippen LogP contribution in [-0.4, -0.2) is 39.1 Å². The fraction of sp³-hybridized carbons (Fsp3) is 0.348. The molecule has 2 aromatic carbocycles. The van der Waals surface area contributed by atoms with Crippen molar-refractivity contribution in [2.24, 2.45) is 0 Å². The molecular formula is C23H24F2N4O2S. The van der Waals surface area contributed by atoms with E-state index in [2.05, 4.69) is 15.5 Å². The van der Waals surface area contributed by atoms with Crippen LogP contribution >= 0.6 is 11.8 Å².